The van der Waals surface area contributed by atoms with Crippen LogP contribution in [0.4, 0.5) is 0 Å². The van der Waals surface area contributed by atoms with Crippen molar-refractivity contribution < 1.29 is 9.59 Å². The summed E-state index contributed by atoms with van der Waals surface area (Å²) in [5, 5.41) is 2.96. The standard InChI is InChI=1S/C15H26N2O2S/c1-5-15(6-2)13(19)17(11(3)12(18)16-15)10-14(4)8-7-9-20-14/h11H,5-10H2,1-4H3,(H,16,18). The van der Waals surface area contributed by atoms with Crippen LogP contribution in [0, 0.1) is 0 Å². The van der Waals surface area contributed by atoms with Crippen LogP contribution in [0.15, 0.2) is 0 Å². The largest absolute Gasteiger partial charge is 0.340 e. The van der Waals surface area contributed by atoms with Crippen molar-refractivity contribution in [1.29, 1.82) is 0 Å². The van der Waals surface area contributed by atoms with Crippen molar-refractivity contribution in [2.24, 2.45) is 0 Å². The van der Waals surface area contributed by atoms with E-state index in [4.69, 9.17) is 0 Å². The number of thioether (sulfide) groups is 1. The molecule has 5 heteroatoms. The van der Waals surface area contributed by atoms with Crippen LogP contribution in [-0.2, 0) is 9.59 Å². The molecule has 2 rings (SSSR count). The molecule has 2 atom stereocenters. The molecule has 2 fully saturated rings. The van der Waals surface area contributed by atoms with Gasteiger partial charge in [-0.2, -0.15) is 11.8 Å². The molecular formula is C15H26N2O2S. The Bertz CT molecular complexity index is 401. The Morgan fingerprint density at radius 3 is 2.50 bits per heavy atom. The quantitative estimate of drug-likeness (QED) is 0.865. The molecule has 0 saturated carbocycles. The number of rotatable bonds is 4. The summed E-state index contributed by atoms with van der Waals surface area (Å²) in [6.45, 7) is 8.69. The van der Waals surface area contributed by atoms with Gasteiger partial charge in [-0.05, 0) is 45.3 Å². The zero-order chi connectivity index (χ0) is 15.0. The first-order chi connectivity index (χ1) is 9.37. The highest BCUT2D eigenvalue weighted by atomic mass is 32.2. The highest BCUT2D eigenvalue weighted by Crippen LogP contribution is 2.39. The first-order valence-corrected chi connectivity index (χ1v) is 8.63. The zero-order valence-corrected chi connectivity index (χ0v) is 13.8. The van der Waals surface area contributed by atoms with Crippen LogP contribution in [0.3, 0.4) is 0 Å². The van der Waals surface area contributed by atoms with Crippen LogP contribution in [0.2, 0.25) is 0 Å². The van der Waals surface area contributed by atoms with Crippen molar-refractivity contribution in [3.05, 3.63) is 0 Å². The average Bonchev–Trinajstić information content (AvgIpc) is 2.86. The summed E-state index contributed by atoms with van der Waals surface area (Å²) in [5.41, 5.74) is -0.691. The van der Waals surface area contributed by atoms with Gasteiger partial charge in [0.15, 0.2) is 0 Å². The molecule has 114 valence electrons. The highest BCUT2D eigenvalue weighted by Gasteiger charge is 2.49. The van der Waals surface area contributed by atoms with Gasteiger partial charge in [0, 0.05) is 11.3 Å². The van der Waals surface area contributed by atoms with E-state index < -0.39 is 5.54 Å². The van der Waals surface area contributed by atoms with Gasteiger partial charge in [-0.1, -0.05) is 13.8 Å². The van der Waals surface area contributed by atoms with Crippen molar-refractivity contribution in [3.63, 3.8) is 0 Å². The fourth-order valence-electron chi connectivity index (χ4n) is 3.25. The number of hydrogen-bond donors (Lipinski definition) is 1. The third kappa shape index (κ3) is 2.57. The van der Waals surface area contributed by atoms with Gasteiger partial charge < -0.3 is 10.2 Å². The third-order valence-electron chi connectivity index (χ3n) is 4.89. The van der Waals surface area contributed by atoms with E-state index in [1.165, 1.54) is 6.42 Å². The number of piperazine rings is 1. The molecule has 0 aromatic rings. The summed E-state index contributed by atoms with van der Waals surface area (Å²) in [6, 6.07) is -0.355. The minimum absolute atomic E-state index is 0.0140. The minimum atomic E-state index is -0.691. The Labute approximate surface area is 126 Å². The van der Waals surface area contributed by atoms with Gasteiger partial charge in [-0.25, -0.2) is 0 Å². The number of nitrogens with zero attached hydrogens (tertiary/aromatic N) is 1. The van der Waals surface area contributed by atoms with Crippen molar-refractivity contribution >= 4 is 23.6 Å². The van der Waals surface area contributed by atoms with Crippen LogP contribution in [-0.4, -0.2) is 45.3 Å². The number of amides is 2. The maximum Gasteiger partial charge on any atom is 0.249 e. The second-order valence-corrected chi connectivity index (χ2v) is 7.97. The summed E-state index contributed by atoms with van der Waals surface area (Å²) in [5.74, 6) is 1.24. The van der Waals surface area contributed by atoms with E-state index in [1.807, 2.05) is 37.4 Å². The molecule has 0 aliphatic carbocycles. The Kier molecular flexibility index (Phi) is 4.38. The second-order valence-electron chi connectivity index (χ2n) is 6.29. The van der Waals surface area contributed by atoms with Gasteiger partial charge >= 0.3 is 0 Å². The normalized spacial score (nSPS) is 33.4. The lowest BCUT2D eigenvalue weighted by Crippen LogP contribution is -2.70. The Morgan fingerprint density at radius 2 is 2.00 bits per heavy atom. The molecule has 1 N–H and O–H groups in total. The lowest BCUT2D eigenvalue weighted by atomic mass is 9.86. The first-order valence-electron chi connectivity index (χ1n) is 7.64. The van der Waals surface area contributed by atoms with Crippen molar-refractivity contribution in [3.8, 4) is 0 Å². The summed E-state index contributed by atoms with van der Waals surface area (Å²) in [7, 11) is 0. The molecule has 2 saturated heterocycles. The van der Waals surface area contributed by atoms with Crippen LogP contribution in [0.1, 0.15) is 53.4 Å². The van der Waals surface area contributed by atoms with Crippen molar-refractivity contribution in [2.45, 2.75) is 69.7 Å². The molecule has 2 amide bonds. The van der Waals surface area contributed by atoms with Gasteiger partial charge in [0.05, 0.1) is 0 Å². The molecule has 2 aliphatic heterocycles. The monoisotopic (exact) mass is 298 g/mol. The van der Waals surface area contributed by atoms with Gasteiger partial charge in [-0.3, -0.25) is 9.59 Å². The number of carbonyl (C=O) groups excluding carboxylic acids is 2. The van der Waals surface area contributed by atoms with Crippen molar-refractivity contribution in [2.75, 3.05) is 12.3 Å². The fourth-order valence-corrected chi connectivity index (χ4v) is 4.55. The van der Waals surface area contributed by atoms with E-state index in [2.05, 4.69) is 12.2 Å². The van der Waals surface area contributed by atoms with E-state index >= 15 is 0 Å². The Morgan fingerprint density at radius 1 is 1.35 bits per heavy atom. The topological polar surface area (TPSA) is 49.4 Å². The predicted octanol–water partition coefficient (Wildman–Crippen LogP) is 2.18. The van der Waals surface area contributed by atoms with E-state index in [0.29, 0.717) is 19.4 Å². The molecule has 0 spiro atoms. The summed E-state index contributed by atoms with van der Waals surface area (Å²) < 4.78 is 0.106. The SMILES string of the molecule is CCC1(CC)NC(=O)C(C)N(CC2(C)CCCS2)C1=O. The molecule has 2 unspecified atom stereocenters. The fraction of sp³-hybridized carbons (Fsp3) is 0.867. The number of hydrogen-bond acceptors (Lipinski definition) is 3. The molecule has 0 aromatic heterocycles. The van der Waals surface area contributed by atoms with E-state index in [1.54, 1.807) is 0 Å². The third-order valence-corrected chi connectivity index (χ3v) is 6.42. The lowest BCUT2D eigenvalue weighted by molar-refractivity contribution is -0.155. The summed E-state index contributed by atoms with van der Waals surface area (Å²) in [6.07, 6.45) is 3.64. The van der Waals surface area contributed by atoms with Gasteiger partial charge in [-0.15, -0.1) is 0 Å². The highest BCUT2D eigenvalue weighted by molar-refractivity contribution is 8.00. The Hall–Kier alpha value is -0.710. The molecule has 4 nitrogen and oxygen atoms in total. The lowest BCUT2D eigenvalue weighted by Gasteiger charge is -2.46. The van der Waals surface area contributed by atoms with Gasteiger partial charge in [0.2, 0.25) is 11.8 Å². The molecule has 0 bridgehead atoms. The minimum Gasteiger partial charge on any atom is -0.340 e. The molecule has 0 radical (unpaired) electrons. The molecule has 2 aliphatic rings. The van der Waals surface area contributed by atoms with Gasteiger partial charge in [0.25, 0.3) is 0 Å². The predicted molar refractivity (Wildman–Crippen MR) is 82.7 cm³/mol. The molecule has 20 heavy (non-hydrogen) atoms. The molecule has 2 heterocycles. The molecular weight excluding hydrogens is 272 g/mol. The summed E-state index contributed by atoms with van der Waals surface area (Å²) >= 11 is 1.93. The van der Waals surface area contributed by atoms with Crippen LogP contribution in [0.25, 0.3) is 0 Å². The van der Waals surface area contributed by atoms with E-state index in [-0.39, 0.29) is 22.6 Å². The van der Waals surface area contributed by atoms with Crippen LogP contribution < -0.4 is 5.32 Å². The van der Waals surface area contributed by atoms with E-state index in [0.717, 1.165) is 12.2 Å². The first kappa shape index (κ1) is 15.7. The second kappa shape index (κ2) is 5.58. The number of carbonyl (C=O) groups is 2. The smallest absolute Gasteiger partial charge is 0.249 e. The van der Waals surface area contributed by atoms with Crippen LogP contribution in [0.5, 0.6) is 0 Å². The summed E-state index contributed by atoms with van der Waals surface area (Å²) in [4.78, 5) is 27.0. The maximum atomic E-state index is 12.9. The molecule has 0 aromatic carbocycles. The van der Waals surface area contributed by atoms with Gasteiger partial charge in [0.1, 0.15) is 11.6 Å². The number of nitrogens with one attached hydrogen (secondary N) is 1. The average molecular weight is 298 g/mol. The Balaban J connectivity index is 2.24. The van der Waals surface area contributed by atoms with Crippen LogP contribution >= 0.6 is 11.8 Å². The maximum absolute atomic E-state index is 12.9. The van der Waals surface area contributed by atoms with E-state index in [9.17, 15) is 9.59 Å². The zero-order valence-electron chi connectivity index (χ0n) is 13.0. The van der Waals surface area contributed by atoms with Crippen molar-refractivity contribution in [1.82, 2.24) is 10.2 Å².